The van der Waals surface area contributed by atoms with E-state index in [-0.39, 0.29) is 48.6 Å². The third kappa shape index (κ3) is 3.41. The minimum absolute atomic E-state index is 0. The molecule has 146 valence electrons. The van der Waals surface area contributed by atoms with Crippen LogP contribution in [0.4, 0.5) is 4.79 Å². The highest BCUT2D eigenvalue weighted by Gasteiger charge is 2.56. The SMILES string of the molecule is CC1(C2CC2)NC(=O)N(CC(=O)N2C[C@@H](N)[C@H](c3ccccc3)C2)C1=O.Cl. The van der Waals surface area contributed by atoms with Crippen molar-refractivity contribution >= 4 is 30.3 Å². The Morgan fingerprint density at radius 3 is 2.52 bits per heavy atom. The normalized spacial score (nSPS) is 30.3. The molecule has 3 N–H and O–H groups in total. The summed E-state index contributed by atoms with van der Waals surface area (Å²) in [6, 6.07) is 9.26. The maximum atomic E-state index is 12.7. The Kier molecular flexibility index (Phi) is 5.18. The number of carbonyl (C=O) groups is 3. The lowest BCUT2D eigenvalue weighted by Gasteiger charge is -2.22. The monoisotopic (exact) mass is 392 g/mol. The largest absolute Gasteiger partial charge is 0.339 e. The second kappa shape index (κ2) is 7.13. The molecule has 3 aliphatic rings. The van der Waals surface area contributed by atoms with Crippen molar-refractivity contribution in [2.75, 3.05) is 19.6 Å². The zero-order valence-corrected chi connectivity index (χ0v) is 16.1. The van der Waals surface area contributed by atoms with Gasteiger partial charge in [-0.05, 0) is 31.2 Å². The van der Waals surface area contributed by atoms with Gasteiger partial charge in [0.2, 0.25) is 5.91 Å². The lowest BCUT2D eigenvalue weighted by molar-refractivity contribution is -0.138. The Bertz CT molecular complexity index is 755. The van der Waals surface area contributed by atoms with Crippen LogP contribution in [0.3, 0.4) is 0 Å². The molecule has 0 spiro atoms. The van der Waals surface area contributed by atoms with Gasteiger partial charge < -0.3 is 16.0 Å². The quantitative estimate of drug-likeness (QED) is 0.749. The van der Waals surface area contributed by atoms with E-state index in [0.717, 1.165) is 23.3 Å². The third-order valence-corrected chi connectivity index (χ3v) is 5.93. The lowest BCUT2D eigenvalue weighted by Crippen LogP contribution is -2.47. The van der Waals surface area contributed by atoms with Crippen LogP contribution in [0.15, 0.2) is 30.3 Å². The Labute approximate surface area is 164 Å². The molecule has 4 rings (SSSR count). The number of nitrogens with one attached hydrogen (secondary N) is 1. The van der Waals surface area contributed by atoms with Crippen molar-refractivity contribution in [3.63, 3.8) is 0 Å². The lowest BCUT2D eigenvalue weighted by atomic mass is 9.95. The number of nitrogens with zero attached hydrogens (tertiary/aromatic N) is 2. The van der Waals surface area contributed by atoms with Gasteiger partial charge in [-0.15, -0.1) is 12.4 Å². The van der Waals surface area contributed by atoms with Gasteiger partial charge in [-0.3, -0.25) is 14.5 Å². The van der Waals surface area contributed by atoms with Crippen LogP contribution in [0.5, 0.6) is 0 Å². The molecule has 0 radical (unpaired) electrons. The number of hydrogen-bond acceptors (Lipinski definition) is 4. The molecule has 3 atom stereocenters. The summed E-state index contributed by atoms with van der Waals surface area (Å²) in [5.41, 5.74) is 6.49. The van der Waals surface area contributed by atoms with Crippen molar-refractivity contribution in [3.05, 3.63) is 35.9 Å². The predicted octanol–water partition coefficient (Wildman–Crippen LogP) is 1.08. The molecular formula is C19H25ClN4O3. The van der Waals surface area contributed by atoms with E-state index in [1.54, 1.807) is 11.8 Å². The summed E-state index contributed by atoms with van der Waals surface area (Å²) >= 11 is 0. The Morgan fingerprint density at radius 2 is 1.89 bits per heavy atom. The van der Waals surface area contributed by atoms with Crippen molar-refractivity contribution in [2.45, 2.75) is 37.3 Å². The first-order valence-corrected chi connectivity index (χ1v) is 9.12. The van der Waals surface area contributed by atoms with Crippen LogP contribution < -0.4 is 11.1 Å². The van der Waals surface area contributed by atoms with Gasteiger partial charge in [0, 0.05) is 25.0 Å². The van der Waals surface area contributed by atoms with Gasteiger partial charge >= 0.3 is 6.03 Å². The van der Waals surface area contributed by atoms with Gasteiger partial charge in [-0.2, -0.15) is 0 Å². The number of carbonyl (C=O) groups excluding carboxylic acids is 3. The minimum atomic E-state index is -0.856. The summed E-state index contributed by atoms with van der Waals surface area (Å²) in [4.78, 5) is 40.3. The van der Waals surface area contributed by atoms with Gasteiger partial charge in [0.1, 0.15) is 12.1 Å². The molecule has 1 unspecified atom stereocenters. The van der Waals surface area contributed by atoms with Gasteiger partial charge in [0.15, 0.2) is 0 Å². The smallest absolute Gasteiger partial charge is 0.325 e. The number of imide groups is 1. The summed E-state index contributed by atoms with van der Waals surface area (Å²) in [6.45, 7) is 2.48. The van der Waals surface area contributed by atoms with Gasteiger partial charge in [-0.25, -0.2) is 4.79 Å². The third-order valence-electron chi connectivity index (χ3n) is 5.93. The van der Waals surface area contributed by atoms with E-state index in [1.165, 1.54) is 0 Å². The first kappa shape index (κ1) is 19.6. The molecule has 2 heterocycles. The topological polar surface area (TPSA) is 95.7 Å². The van der Waals surface area contributed by atoms with Crippen LogP contribution in [-0.2, 0) is 9.59 Å². The molecule has 7 nitrogen and oxygen atoms in total. The average molecular weight is 393 g/mol. The van der Waals surface area contributed by atoms with Crippen LogP contribution in [0.2, 0.25) is 0 Å². The summed E-state index contributed by atoms with van der Waals surface area (Å²) in [5.74, 6) is -0.273. The zero-order valence-electron chi connectivity index (χ0n) is 15.3. The summed E-state index contributed by atoms with van der Waals surface area (Å²) in [5, 5.41) is 2.77. The number of nitrogens with two attached hydrogens (primary N) is 1. The number of amides is 4. The molecular weight excluding hydrogens is 368 g/mol. The number of halogens is 1. The molecule has 3 fully saturated rings. The standard InChI is InChI=1S/C19H24N4O3.ClH/c1-19(13-7-8-13)17(25)23(18(26)21-19)11-16(24)22-9-14(15(20)10-22)12-5-3-2-4-6-12;/h2-6,13-15H,7-11,20H2,1H3,(H,21,26);1H/t14-,15+,19?;/m0./s1. The molecule has 1 aromatic carbocycles. The first-order valence-electron chi connectivity index (χ1n) is 9.12. The second-order valence-corrected chi connectivity index (χ2v) is 7.78. The molecule has 0 aromatic heterocycles. The molecule has 1 aromatic rings. The molecule has 1 saturated carbocycles. The van der Waals surface area contributed by atoms with E-state index in [4.69, 9.17) is 5.73 Å². The fraction of sp³-hybridized carbons (Fsp3) is 0.526. The number of benzene rings is 1. The Morgan fingerprint density at radius 1 is 1.22 bits per heavy atom. The molecule has 2 aliphatic heterocycles. The van der Waals surface area contributed by atoms with Crippen LogP contribution in [0.25, 0.3) is 0 Å². The predicted molar refractivity (Wildman–Crippen MR) is 102 cm³/mol. The van der Waals surface area contributed by atoms with Crippen LogP contribution in [0, 0.1) is 5.92 Å². The number of likely N-dealkylation sites (tertiary alicyclic amines) is 1. The molecule has 2 saturated heterocycles. The highest BCUT2D eigenvalue weighted by molar-refractivity contribution is 6.09. The van der Waals surface area contributed by atoms with Crippen LogP contribution in [-0.4, -0.2) is 58.9 Å². The van der Waals surface area contributed by atoms with Crippen molar-refractivity contribution in [1.82, 2.24) is 15.1 Å². The van der Waals surface area contributed by atoms with Gasteiger partial charge in [-0.1, -0.05) is 30.3 Å². The van der Waals surface area contributed by atoms with Crippen LogP contribution >= 0.6 is 12.4 Å². The number of rotatable bonds is 4. The van der Waals surface area contributed by atoms with E-state index in [0.29, 0.717) is 13.1 Å². The summed E-state index contributed by atoms with van der Waals surface area (Å²) in [7, 11) is 0. The fourth-order valence-electron chi connectivity index (χ4n) is 4.12. The highest BCUT2D eigenvalue weighted by Crippen LogP contribution is 2.42. The maximum Gasteiger partial charge on any atom is 0.325 e. The number of urea groups is 1. The molecule has 27 heavy (non-hydrogen) atoms. The number of hydrogen-bond donors (Lipinski definition) is 2. The van der Waals surface area contributed by atoms with Crippen molar-refractivity contribution in [1.29, 1.82) is 0 Å². The van der Waals surface area contributed by atoms with Crippen molar-refractivity contribution in [2.24, 2.45) is 11.7 Å². The Balaban J connectivity index is 0.00000210. The zero-order chi connectivity index (χ0) is 18.5. The van der Waals surface area contributed by atoms with E-state index in [9.17, 15) is 14.4 Å². The molecule has 0 bridgehead atoms. The summed E-state index contributed by atoms with van der Waals surface area (Å²) in [6.07, 6.45) is 1.87. The van der Waals surface area contributed by atoms with E-state index >= 15 is 0 Å². The van der Waals surface area contributed by atoms with Gasteiger partial charge in [0.25, 0.3) is 5.91 Å². The second-order valence-electron chi connectivity index (χ2n) is 7.78. The van der Waals surface area contributed by atoms with Crippen molar-refractivity contribution < 1.29 is 14.4 Å². The van der Waals surface area contributed by atoms with E-state index < -0.39 is 11.6 Å². The first-order chi connectivity index (χ1) is 12.4. The summed E-state index contributed by atoms with van der Waals surface area (Å²) < 4.78 is 0. The maximum absolute atomic E-state index is 12.7. The van der Waals surface area contributed by atoms with E-state index in [2.05, 4.69) is 5.32 Å². The van der Waals surface area contributed by atoms with Gasteiger partial charge in [0.05, 0.1) is 0 Å². The Hall–Kier alpha value is -2.12. The van der Waals surface area contributed by atoms with E-state index in [1.807, 2.05) is 30.3 Å². The van der Waals surface area contributed by atoms with Crippen molar-refractivity contribution in [3.8, 4) is 0 Å². The molecule has 4 amide bonds. The fourth-order valence-corrected chi connectivity index (χ4v) is 4.12. The highest BCUT2D eigenvalue weighted by atomic mass is 35.5. The average Bonchev–Trinajstić information content (AvgIpc) is 3.38. The minimum Gasteiger partial charge on any atom is -0.339 e. The molecule has 1 aliphatic carbocycles. The molecule has 8 heteroatoms. The van der Waals surface area contributed by atoms with Crippen LogP contribution in [0.1, 0.15) is 31.2 Å².